The highest BCUT2D eigenvalue weighted by molar-refractivity contribution is 6.28. The second-order valence-electron chi connectivity index (χ2n) is 4.02. The molecule has 106 valence electrons. The first-order valence-corrected chi connectivity index (χ1v) is 6.46. The summed E-state index contributed by atoms with van der Waals surface area (Å²) in [6, 6.07) is 9.98. The second kappa shape index (κ2) is 7.02. The molecule has 0 bridgehead atoms. The van der Waals surface area contributed by atoms with Gasteiger partial charge in [-0.15, -0.1) is 0 Å². The van der Waals surface area contributed by atoms with Crippen LogP contribution in [0.3, 0.4) is 0 Å². The summed E-state index contributed by atoms with van der Waals surface area (Å²) in [4.78, 5) is 13.9. The topological polar surface area (TPSA) is 71.4 Å². The number of anilines is 1. The molecule has 2 rings (SSSR count). The fraction of sp³-hybridized carbons (Fsp3) is 0.308. The van der Waals surface area contributed by atoms with Gasteiger partial charge >= 0.3 is 6.01 Å². The minimum Gasteiger partial charge on any atom is -0.467 e. The van der Waals surface area contributed by atoms with E-state index in [1.54, 1.807) is 0 Å². The van der Waals surface area contributed by atoms with Gasteiger partial charge in [-0.2, -0.15) is 15.0 Å². The Morgan fingerprint density at radius 2 is 1.95 bits per heavy atom. The molecule has 1 aromatic carbocycles. The van der Waals surface area contributed by atoms with Crippen LogP contribution in [0.5, 0.6) is 6.01 Å². The van der Waals surface area contributed by atoms with E-state index in [1.807, 2.05) is 35.2 Å². The maximum Gasteiger partial charge on any atom is 0.322 e. The van der Waals surface area contributed by atoms with Crippen molar-refractivity contribution in [2.75, 3.05) is 25.2 Å². The molecule has 2 aromatic rings. The number of ether oxygens (including phenoxy) is 1. The van der Waals surface area contributed by atoms with Gasteiger partial charge < -0.3 is 14.7 Å². The molecule has 6 nitrogen and oxygen atoms in total. The Labute approximate surface area is 122 Å². The lowest BCUT2D eigenvalue weighted by Crippen LogP contribution is -2.28. The zero-order chi connectivity index (χ0) is 14.4. The lowest BCUT2D eigenvalue weighted by Gasteiger charge is -2.21. The van der Waals surface area contributed by atoms with E-state index in [4.69, 9.17) is 16.3 Å². The molecule has 1 aromatic heterocycles. The van der Waals surface area contributed by atoms with Crippen LogP contribution in [-0.4, -0.2) is 40.3 Å². The molecule has 0 saturated heterocycles. The van der Waals surface area contributed by atoms with Crippen LogP contribution in [0.2, 0.25) is 5.28 Å². The number of aromatic nitrogens is 3. The number of benzene rings is 1. The van der Waals surface area contributed by atoms with Crippen molar-refractivity contribution in [1.82, 2.24) is 15.0 Å². The van der Waals surface area contributed by atoms with E-state index in [-0.39, 0.29) is 17.9 Å². The normalized spacial score (nSPS) is 10.3. The Hall–Kier alpha value is -1.92. The molecule has 20 heavy (non-hydrogen) atoms. The molecule has 0 unspecified atom stereocenters. The van der Waals surface area contributed by atoms with Crippen LogP contribution < -0.4 is 9.64 Å². The third-order valence-electron chi connectivity index (χ3n) is 2.63. The summed E-state index contributed by atoms with van der Waals surface area (Å²) >= 11 is 5.84. The van der Waals surface area contributed by atoms with Crippen molar-refractivity contribution in [2.45, 2.75) is 6.54 Å². The second-order valence-corrected chi connectivity index (χ2v) is 4.36. The predicted octanol–water partition coefficient (Wildman–Crippen LogP) is 1.53. The zero-order valence-electron chi connectivity index (χ0n) is 11.0. The Morgan fingerprint density at radius 3 is 2.60 bits per heavy atom. The van der Waals surface area contributed by atoms with Gasteiger partial charge in [-0.25, -0.2) is 0 Å². The highest BCUT2D eigenvalue weighted by Gasteiger charge is 2.13. The molecular formula is C13H15ClN4O2. The predicted molar refractivity (Wildman–Crippen MR) is 76.0 cm³/mol. The molecule has 0 amide bonds. The van der Waals surface area contributed by atoms with Crippen LogP contribution in [-0.2, 0) is 6.54 Å². The summed E-state index contributed by atoms with van der Waals surface area (Å²) in [5, 5.41) is 9.25. The molecule has 0 aliphatic carbocycles. The zero-order valence-corrected chi connectivity index (χ0v) is 11.8. The van der Waals surface area contributed by atoms with Crippen molar-refractivity contribution in [2.24, 2.45) is 0 Å². The summed E-state index contributed by atoms with van der Waals surface area (Å²) in [5.41, 5.74) is 1.08. The number of nitrogens with zero attached hydrogens (tertiary/aromatic N) is 4. The van der Waals surface area contributed by atoms with Gasteiger partial charge in [-0.1, -0.05) is 30.3 Å². The smallest absolute Gasteiger partial charge is 0.322 e. The molecule has 0 atom stereocenters. The van der Waals surface area contributed by atoms with E-state index in [1.165, 1.54) is 7.11 Å². The van der Waals surface area contributed by atoms with Crippen LogP contribution in [0.15, 0.2) is 30.3 Å². The molecule has 0 aliphatic heterocycles. The minimum absolute atomic E-state index is 0.0154. The number of hydrogen-bond acceptors (Lipinski definition) is 6. The largest absolute Gasteiger partial charge is 0.467 e. The van der Waals surface area contributed by atoms with Crippen LogP contribution in [0, 0.1) is 0 Å². The Morgan fingerprint density at radius 1 is 1.20 bits per heavy atom. The third kappa shape index (κ3) is 3.79. The Balaban J connectivity index is 2.26. The first kappa shape index (κ1) is 14.5. The monoisotopic (exact) mass is 294 g/mol. The number of hydrogen-bond donors (Lipinski definition) is 1. The Bertz CT molecular complexity index is 553. The van der Waals surface area contributed by atoms with E-state index < -0.39 is 0 Å². The maximum absolute atomic E-state index is 9.19. The molecule has 1 N–H and O–H groups in total. The lowest BCUT2D eigenvalue weighted by atomic mass is 10.2. The fourth-order valence-electron chi connectivity index (χ4n) is 1.73. The summed E-state index contributed by atoms with van der Waals surface area (Å²) in [6.07, 6.45) is 0. The van der Waals surface area contributed by atoms with Crippen molar-refractivity contribution in [3.05, 3.63) is 41.2 Å². The van der Waals surface area contributed by atoms with Crippen molar-refractivity contribution < 1.29 is 9.84 Å². The highest BCUT2D eigenvalue weighted by Crippen LogP contribution is 2.17. The van der Waals surface area contributed by atoms with Crippen LogP contribution in [0.25, 0.3) is 0 Å². The molecule has 0 radical (unpaired) electrons. The average molecular weight is 295 g/mol. The van der Waals surface area contributed by atoms with E-state index in [0.717, 1.165) is 5.56 Å². The first-order chi connectivity index (χ1) is 9.72. The number of methoxy groups -OCH3 is 1. The lowest BCUT2D eigenvalue weighted by molar-refractivity contribution is 0.300. The molecular weight excluding hydrogens is 280 g/mol. The van der Waals surface area contributed by atoms with Gasteiger partial charge in [0.25, 0.3) is 0 Å². The summed E-state index contributed by atoms with van der Waals surface area (Å²) in [6.45, 7) is 0.932. The minimum atomic E-state index is -0.0154. The van der Waals surface area contributed by atoms with Gasteiger partial charge in [0.05, 0.1) is 13.7 Å². The van der Waals surface area contributed by atoms with E-state index in [9.17, 15) is 5.11 Å². The quantitative estimate of drug-likeness (QED) is 0.871. The number of halogens is 1. The van der Waals surface area contributed by atoms with Gasteiger partial charge in [0.1, 0.15) is 0 Å². The van der Waals surface area contributed by atoms with Crippen molar-refractivity contribution >= 4 is 17.5 Å². The summed E-state index contributed by atoms with van der Waals surface area (Å²) in [7, 11) is 1.46. The number of rotatable bonds is 6. The molecule has 0 spiro atoms. The summed E-state index contributed by atoms with van der Waals surface area (Å²) < 4.78 is 4.98. The van der Waals surface area contributed by atoms with E-state index in [0.29, 0.717) is 19.0 Å². The maximum atomic E-state index is 9.19. The van der Waals surface area contributed by atoms with Crippen molar-refractivity contribution in [3.8, 4) is 6.01 Å². The van der Waals surface area contributed by atoms with Crippen LogP contribution in [0.4, 0.5) is 5.95 Å². The third-order valence-corrected chi connectivity index (χ3v) is 2.80. The number of aliphatic hydroxyl groups excluding tert-OH is 1. The number of aliphatic hydroxyl groups is 1. The SMILES string of the molecule is COc1nc(Cl)nc(N(CCO)Cc2ccccc2)n1. The fourth-order valence-corrected chi connectivity index (χ4v) is 1.88. The van der Waals surface area contributed by atoms with E-state index in [2.05, 4.69) is 15.0 Å². The summed E-state index contributed by atoms with van der Waals surface area (Å²) in [5.74, 6) is 0.375. The first-order valence-electron chi connectivity index (χ1n) is 6.08. The van der Waals surface area contributed by atoms with Crippen LogP contribution >= 0.6 is 11.6 Å². The highest BCUT2D eigenvalue weighted by atomic mass is 35.5. The van der Waals surface area contributed by atoms with Gasteiger partial charge in [0.15, 0.2) is 0 Å². The average Bonchev–Trinajstić information content (AvgIpc) is 2.47. The van der Waals surface area contributed by atoms with Crippen LogP contribution in [0.1, 0.15) is 5.56 Å². The van der Waals surface area contributed by atoms with Gasteiger partial charge in [0.2, 0.25) is 11.2 Å². The van der Waals surface area contributed by atoms with E-state index >= 15 is 0 Å². The Kier molecular flexibility index (Phi) is 5.09. The van der Waals surface area contributed by atoms with Crippen molar-refractivity contribution in [1.29, 1.82) is 0 Å². The molecule has 0 aliphatic rings. The standard InChI is InChI=1S/C13H15ClN4O2/c1-20-13-16-11(14)15-12(17-13)18(7-8-19)9-10-5-3-2-4-6-10/h2-6,19H,7-9H2,1H3. The molecule has 0 fully saturated rings. The van der Waals surface area contributed by atoms with Gasteiger partial charge in [0, 0.05) is 13.1 Å². The van der Waals surface area contributed by atoms with Gasteiger partial charge in [-0.3, -0.25) is 0 Å². The van der Waals surface area contributed by atoms with Crippen molar-refractivity contribution in [3.63, 3.8) is 0 Å². The van der Waals surface area contributed by atoms with Gasteiger partial charge in [-0.05, 0) is 17.2 Å². The molecule has 0 saturated carbocycles. The molecule has 7 heteroatoms. The molecule has 1 heterocycles.